The van der Waals surface area contributed by atoms with E-state index in [-0.39, 0.29) is 5.97 Å². The molecule has 0 fully saturated rings. The summed E-state index contributed by atoms with van der Waals surface area (Å²) in [5.74, 6) is 0.408. The fraction of sp³-hybridized carbons (Fsp3) is 0.118. The van der Waals surface area contributed by atoms with Gasteiger partial charge in [0.2, 0.25) is 0 Å². The Kier molecular flexibility index (Phi) is 3.25. The fourth-order valence-electron chi connectivity index (χ4n) is 2.36. The van der Waals surface area contributed by atoms with Crippen molar-refractivity contribution in [1.82, 2.24) is 0 Å². The first-order valence-corrected chi connectivity index (χ1v) is 6.39. The van der Waals surface area contributed by atoms with Crippen LogP contribution in [0.25, 0.3) is 5.57 Å². The molecule has 0 atom stereocenters. The van der Waals surface area contributed by atoms with Crippen molar-refractivity contribution in [2.75, 3.05) is 7.11 Å². The van der Waals surface area contributed by atoms with Crippen LogP contribution in [0, 0.1) is 0 Å². The molecule has 100 valence electrons. The summed E-state index contributed by atoms with van der Waals surface area (Å²) in [7, 11) is 1.38. The number of benzene rings is 2. The Morgan fingerprint density at radius 2 is 1.80 bits per heavy atom. The van der Waals surface area contributed by atoms with Gasteiger partial charge in [0.05, 0.1) is 7.11 Å². The van der Waals surface area contributed by atoms with Crippen molar-refractivity contribution in [1.29, 1.82) is 0 Å². The lowest BCUT2D eigenvalue weighted by Crippen LogP contribution is -1.99. The molecule has 3 rings (SSSR count). The molecular formula is C17H14O3. The highest BCUT2D eigenvalue weighted by molar-refractivity contribution is 5.98. The Morgan fingerprint density at radius 1 is 1.10 bits per heavy atom. The van der Waals surface area contributed by atoms with E-state index in [0.29, 0.717) is 6.61 Å². The first kappa shape index (κ1) is 12.5. The monoisotopic (exact) mass is 266 g/mol. The molecule has 0 aromatic heterocycles. The first-order chi connectivity index (χ1) is 9.79. The number of hydrogen-bond acceptors (Lipinski definition) is 3. The van der Waals surface area contributed by atoms with E-state index in [1.807, 2.05) is 48.5 Å². The van der Waals surface area contributed by atoms with Gasteiger partial charge in [-0.1, -0.05) is 42.5 Å². The van der Waals surface area contributed by atoms with Crippen LogP contribution in [0.4, 0.5) is 0 Å². The van der Waals surface area contributed by atoms with Gasteiger partial charge in [-0.05, 0) is 17.2 Å². The van der Waals surface area contributed by atoms with Gasteiger partial charge in [-0.15, -0.1) is 0 Å². The van der Waals surface area contributed by atoms with Crippen molar-refractivity contribution in [3.05, 3.63) is 71.3 Å². The standard InChI is InChI=1S/C17H14O3/c1-19-17(18)10-15-13-7-3-2-6-12(13)11-20-16-9-5-4-8-14(15)16/h2-10H,11H2,1H3/b15-10-. The molecule has 0 spiro atoms. The minimum absolute atomic E-state index is 0.369. The van der Waals surface area contributed by atoms with Gasteiger partial charge in [0, 0.05) is 17.2 Å². The van der Waals surface area contributed by atoms with Gasteiger partial charge < -0.3 is 9.47 Å². The Morgan fingerprint density at radius 3 is 2.60 bits per heavy atom. The summed E-state index contributed by atoms with van der Waals surface area (Å²) in [6.45, 7) is 0.492. The lowest BCUT2D eigenvalue weighted by atomic mass is 9.94. The number of carbonyl (C=O) groups is 1. The van der Waals surface area contributed by atoms with Crippen molar-refractivity contribution < 1.29 is 14.3 Å². The molecule has 0 bridgehead atoms. The highest BCUT2D eigenvalue weighted by Crippen LogP contribution is 2.36. The van der Waals surface area contributed by atoms with E-state index < -0.39 is 0 Å². The van der Waals surface area contributed by atoms with Gasteiger partial charge in [0.1, 0.15) is 12.4 Å². The molecule has 1 aliphatic rings. The topological polar surface area (TPSA) is 35.5 Å². The van der Waals surface area contributed by atoms with Gasteiger partial charge >= 0.3 is 5.97 Å². The van der Waals surface area contributed by atoms with E-state index in [2.05, 4.69) is 0 Å². The van der Waals surface area contributed by atoms with Gasteiger partial charge in [-0.3, -0.25) is 0 Å². The third-order valence-corrected chi connectivity index (χ3v) is 3.33. The second-order valence-corrected chi connectivity index (χ2v) is 4.52. The average molecular weight is 266 g/mol. The molecule has 0 N–H and O–H groups in total. The number of ether oxygens (including phenoxy) is 2. The number of para-hydroxylation sites is 1. The molecule has 0 unspecified atom stereocenters. The average Bonchev–Trinajstić information content (AvgIpc) is 2.65. The zero-order valence-electron chi connectivity index (χ0n) is 11.1. The Balaban J connectivity index is 2.24. The third-order valence-electron chi connectivity index (χ3n) is 3.33. The number of hydrogen-bond donors (Lipinski definition) is 0. The second-order valence-electron chi connectivity index (χ2n) is 4.52. The number of esters is 1. The molecule has 0 saturated heterocycles. The molecule has 0 amide bonds. The van der Waals surface area contributed by atoms with Crippen molar-refractivity contribution in [2.24, 2.45) is 0 Å². The molecule has 3 heteroatoms. The normalized spacial score (nSPS) is 14.8. The zero-order chi connectivity index (χ0) is 13.9. The van der Waals surface area contributed by atoms with Crippen LogP contribution in [0.3, 0.4) is 0 Å². The van der Waals surface area contributed by atoms with Crippen molar-refractivity contribution in [2.45, 2.75) is 6.61 Å². The highest BCUT2D eigenvalue weighted by Gasteiger charge is 2.19. The SMILES string of the molecule is COC(=O)/C=C1/c2ccccc2COc2ccccc21. The molecule has 2 aromatic carbocycles. The van der Waals surface area contributed by atoms with Gasteiger partial charge in [-0.2, -0.15) is 0 Å². The summed E-state index contributed by atoms with van der Waals surface area (Å²) in [5, 5.41) is 0. The molecule has 0 radical (unpaired) electrons. The van der Waals surface area contributed by atoms with E-state index in [1.165, 1.54) is 13.2 Å². The highest BCUT2D eigenvalue weighted by atomic mass is 16.5. The number of carbonyl (C=O) groups excluding carboxylic acids is 1. The molecule has 3 nitrogen and oxygen atoms in total. The number of fused-ring (bicyclic) bond motifs is 2. The largest absolute Gasteiger partial charge is 0.488 e. The summed E-state index contributed by atoms with van der Waals surface area (Å²) in [6.07, 6.45) is 1.52. The summed E-state index contributed by atoms with van der Waals surface area (Å²) in [5.41, 5.74) is 3.80. The van der Waals surface area contributed by atoms with Crippen molar-refractivity contribution >= 4 is 11.5 Å². The van der Waals surface area contributed by atoms with E-state index in [0.717, 1.165) is 28.0 Å². The zero-order valence-corrected chi connectivity index (χ0v) is 11.1. The van der Waals surface area contributed by atoms with Crippen molar-refractivity contribution in [3.8, 4) is 5.75 Å². The molecule has 20 heavy (non-hydrogen) atoms. The summed E-state index contributed by atoms with van der Waals surface area (Å²) in [4.78, 5) is 11.7. The second kappa shape index (κ2) is 5.21. The molecular weight excluding hydrogens is 252 g/mol. The van der Waals surface area contributed by atoms with E-state index in [4.69, 9.17) is 9.47 Å². The predicted octanol–water partition coefficient (Wildman–Crippen LogP) is 3.18. The Hall–Kier alpha value is -2.55. The smallest absolute Gasteiger partial charge is 0.331 e. The van der Waals surface area contributed by atoms with Gasteiger partial charge in [-0.25, -0.2) is 4.79 Å². The van der Waals surface area contributed by atoms with Crippen LogP contribution in [0.5, 0.6) is 5.75 Å². The van der Waals surface area contributed by atoms with Gasteiger partial charge in [0.25, 0.3) is 0 Å². The summed E-state index contributed by atoms with van der Waals surface area (Å²) < 4.78 is 10.6. The van der Waals surface area contributed by atoms with Crippen LogP contribution in [-0.4, -0.2) is 13.1 Å². The minimum atomic E-state index is -0.369. The molecule has 0 saturated carbocycles. The number of methoxy groups -OCH3 is 1. The predicted molar refractivity (Wildman–Crippen MR) is 76.3 cm³/mol. The summed E-state index contributed by atoms with van der Waals surface area (Å²) >= 11 is 0. The molecule has 2 aromatic rings. The van der Waals surface area contributed by atoms with E-state index >= 15 is 0 Å². The minimum Gasteiger partial charge on any atom is -0.488 e. The molecule has 1 aliphatic heterocycles. The van der Waals surface area contributed by atoms with Crippen LogP contribution in [-0.2, 0) is 16.1 Å². The van der Waals surface area contributed by atoms with Crippen LogP contribution in [0.1, 0.15) is 16.7 Å². The van der Waals surface area contributed by atoms with Crippen molar-refractivity contribution in [3.63, 3.8) is 0 Å². The summed E-state index contributed by atoms with van der Waals surface area (Å²) in [6, 6.07) is 15.6. The first-order valence-electron chi connectivity index (χ1n) is 6.39. The van der Waals surface area contributed by atoms with Crippen LogP contribution in [0.2, 0.25) is 0 Å². The van der Waals surface area contributed by atoms with Gasteiger partial charge in [0.15, 0.2) is 0 Å². The maximum absolute atomic E-state index is 11.7. The van der Waals surface area contributed by atoms with Crippen LogP contribution >= 0.6 is 0 Å². The Labute approximate surface area is 117 Å². The van der Waals surface area contributed by atoms with Crippen LogP contribution in [0.15, 0.2) is 54.6 Å². The van der Waals surface area contributed by atoms with E-state index in [9.17, 15) is 4.79 Å². The fourth-order valence-corrected chi connectivity index (χ4v) is 2.36. The van der Waals surface area contributed by atoms with E-state index in [1.54, 1.807) is 0 Å². The molecule has 1 heterocycles. The quantitative estimate of drug-likeness (QED) is 0.587. The lowest BCUT2D eigenvalue weighted by molar-refractivity contribution is -0.134. The number of rotatable bonds is 1. The van der Waals surface area contributed by atoms with Crippen LogP contribution < -0.4 is 4.74 Å². The third kappa shape index (κ3) is 2.18. The maximum Gasteiger partial charge on any atom is 0.331 e. The Bertz CT molecular complexity index is 637. The molecule has 0 aliphatic carbocycles. The lowest BCUT2D eigenvalue weighted by Gasteiger charge is -2.09. The maximum atomic E-state index is 11.7.